The lowest BCUT2D eigenvalue weighted by atomic mass is 10.0. The van der Waals surface area contributed by atoms with Crippen LogP contribution in [-0.2, 0) is 0 Å². The number of aromatic nitrogens is 2. The molecule has 0 saturated carbocycles. The molecule has 1 N–H and O–H groups in total. The van der Waals surface area contributed by atoms with Crippen LogP contribution in [0.15, 0.2) is 60.9 Å². The highest BCUT2D eigenvalue weighted by Gasteiger charge is 2.20. The number of halogens is 2. The molecule has 0 aliphatic rings. The van der Waals surface area contributed by atoms with Crippen LogP contribution in [-0.4, -0.2) is 21.0 Å². The van der Waals surface area contributed by atoms with Crippen molar-refractivity contribution in [1.82, 2.24) is 9.97 Å². The van der Waals surface area contributed by atoms with Crippen molar-refractivity contribution in [1.29, 1.82) is 0 Å². The molecule has 1 heterocycles. The molecule has 0 aliphatic heterocycles. The maximum Gasteiger partial charge on any atom is 0.356 e. The lowest BCUT2D eigenvalue weighted by molar-refractivity contribution is 0.0689. The van der Waals surface area contributed by atoms with Crippen molar-refractivity contribution in [3.8, 4) is 5.88 Å². The molecule has 0 saturated heterocycles. The van der Waals surface area contributed by atoms with Crippen molar-refractivity contribution in [2.75, 3.05) is 0 Å². The van der Waals surface area contributed by atoms with Gasteiger partial charge in [-0.2, -0.15) is 0 Å². The Kier molecular flexibility index (Phi) is 5.16. The van der Waals surface area contributed by atoms with Gasteiger partial charge in [0.1, 0.15) is 0 Å². The van der Waals surface area contributed by atoms with Gasteiger partial charge in [0.25, 0.3) is 0 Å². The van der Waals surface area contributed by atoms with Crippen LogP contribution in [0.4, 0.5) is 0 Å². The Morgan fingerprint density at radius 2 is 1.72 bits per heavy atom. The Morgan fingerprint density at radius 1 is 1.00 bits per heavy atom. The molecule has 0 bridgehead atoms. The van der Waals surface area contributed by atoms with E-state index in [-0.39, 0.29) is 11.6 Å². The Morgan fingerprint density at radius 3 is 2.32 bits per heavy atom. The molecule has 7 heteroatoms. The highest BCUT2D eigenvalue weighted by Crippen LogP contribution is 2.32. The summed E-state index contributed by atoms with van der Waals surface area (Å²) in [7, 11) is 0. The summed E-state index contributed by atoms with van der Waals surface area (Å²) in [5.41, 5.74) is 1.41. The standard InChI is InChI=1S/C18H12Cl2N2O3/c19-12-7-5-11(6-8-12)17(13-3-1-2-4-14(13)20)25-16-10-21-15(9-22-16)18(23)24/h1-10,17H,(H,23,24). The quantitative estimate of drug-likeness (QED) is 0.703. The minimum atomic E-state index is -1.15. The van der Waals surface area contributed by atoms with Crippen LogP contribution in [0.3, 0.4) is 0 Å². The SMILES string of the molecule is O=C(O)c1cnc(OC(c2ccc(Cl)cc2)c2ccccc2Cl)cn1. The minimum Gasteiger partial charge on any atom is -0.476 e. The van der Waals surface area contributed by atoms with Gasteiger partial charge in [0.05, 0.1) is 12.4 Å². The summed E-state index contributed by atoms with van der Waals surface area (Å²) in [5, 5.41) is 10.0. The number of hydrogen-bond donors (Lipinski definition) is 1. The van der Waals surface area contributed by atoms with Gasteiger partial charge in [-0.05, 0) is 23.8 Å². The molecule has 25 heavy (non-hydrogen) atoms. The molecule has 0 radical (unpaired) electrons. The van der Waals surface area contributed by atoms with Gasteiger partial charge in [0, 0.05) is 15.6 Å². The number of carboxylic acid groups (broad SMARTS) is 1. The number of ether oxygens (including phenoxy) is 1. The van der Waals surface area contributed by atoms with Crippen molar-refractivity contribution in [2.45, 2.75) is 6.10 Å². The third-order valence-corrected chi connectivity index (χ3v) is 4.04. The number of aromatic carboxylic acids is 1. The maximum atomic E-state index is 10.9. The molecule has 0 amide bonds. The Balaban J connectivity index is 1.98. The molecule has 1 atom stereocenters. The predicted molar refractivity (Wildman–Crippen MR) is 94.4 cm³/mol. The van der Waals surface area contributed by atoms with Crippen molar-refractivity contribution in [3.63, 3.8) is 0 Å². The number of carbonyl (C=O) groups is 1. The van der Waals surface area contributed by atoms with Crippen LogP contribution < -0.4 is 4.74 Å². The van der Waals surface area contributed by atoms with Crippen LogP contribution in [0, 0.1) is 0 Å². The van der Waals surface area contributed by atoms with Crippen molar-refractivity contribution in [2.24, 2.45) is 0 Å². The zero-order chi connectivity index (χ0) is 17.8. The smallest absolute Gasteiger partial charge is 0.356 e. The van der Waals surface area contributed by atoms with E-state index in [2.05, 4.69) is 9.97 Å². The van der Waals surface area contributed by atoms with Crippen LogP contribution in [0.1, 0.15) is 27.7 Å². The summed E-state index contributed by atoms with van der Waals surface area (Å²) >= 11 is 12.3. The molecular weight excluding hydrogens is 363 g/mol. The normalized spacial score (nSPS) is 11.8. The average molecular weight is 375 g/mol. The fraction of sp³-hybridized carbons (Fsp3) is 0.0556. The Labute approximate surface area is 153 Å². The Hall–Kier alpha value is -2.63. The summed E-state index contributed by atoms with van der Waals surface area (Å²) in [5.74, 6) is -0.968. The van der Waals surface area contributed by atoms with E-state index in [1.807, 2.05) is 30.3 Å². The topological polar surface area (TPSA) is 72.3 Å². The molecule has 5 nitrogen and oxygen atoms in total. The zero-order valence-electron chi connectivity index (χ0n) is 12.8. The first-order chi connectivity index (χ1) is 12.0. The van der Waals surface area contributed by atoms with E-state index in [4.69, 9.17) is 33.0 Å². The van der Waals surface area contributed by atoms with Gasteiger partial charge in [-0.1, -0.05) is 53.5 Å². The minimum absolute atomic E-state index is 0.159. The number of benzene rings is 2. The van der Waals surface area contributed by atoms with E-state index in [0.717, 1.165) is 17.3 Å². The van der Waals surface area contributed by atoms with Crippen molar-refractivity contribution >= 4 is 29.2 Å². The fourth-order valence-electron chi connectivity index (χ4n) is 2.24. The first-order valence-electron chi connectivity index (χ1n) is 7.26. The lowest BCUT2D eigenvalue weighted by Crippen LogP contribution is -2.12. The third-order valence-electron chi connectivity index (χ3n) is 3.45. The third kappa shape index (κ3) is 4.07. The van der Waals surface area contributed by atoms with E-state index in [0.29, 0.717) is 10.0 Å². The predicted octanol–water partition coefficient (Wildman–Crippen LogP) is 4.65. The largest absolute Gasteiger partial charge is 0.476 e. The fourth-order valence-corrected chi connectivity index (χ4v) is 2.61. The average Bonchev–Trinajstić information content (AvgIpc) is 2.62. The molecule has 0 spiro atoms. The van der Waals surface area contributed by atoms with Gasteiger partial charge in [0.15, 0.2) is 11.8 Å². The first kappa shape index (κ1) is 17.2. The second kappa shape index (κ2) is 7.51. The highest BCUT2D eigenvalue weighted by molar-refractivity contribution is 6.31. The molecule has 3 aromatic rings. The Bertz CT molecular complexity index is 884. The van der Waals surface area contributed by atoms with Crippen molar-refractivity contribution < 1.29 is 14.6 Å². The van der Waals surface area contributed by atoms with Crippen LogP contribution >= 0.6 is 23.2 Å². The van der Waals surface area contributed by atoms with Gasteiger partial charge in [-0.25, -0.2) is 14.8 Å². The zero-order valence-corrected chi connectivity index (χ0v) is 14.3. The van der Waals surface area contributed by atoms with Gasteiger partial charge in [0.2, 0.25) is 5.88 Å². The number of hydrogen-bond acceptors (Lipinski definition) is 4. The lowest BCUT2D eigenvalue weighted by Gasteiger charge is -2.20. The van der Waals surface area contributed by atoms with E-state index in [1.54, 1.807) is 18.2 Å². The first-order valence-corrected chi connectivity index (χ1v) is 8.02. The monoisotopic (exact) mass is 374 g/mol. The highest BCUT2D eigenvalue weighted by atomic mass is 35.5. The molecule has 1 aromatic heterocycles. The van der Waals surface area contributed by atoms with Gasteiger partial charge in [-0.15, -0.1) is 0 Å². The second-order valence-electron chi connectivity index (χ2n) is 5.12. The summed E-state index contributed by atoms with van der Waals surface area (Å²) in [6, 6.07) is 14.5. The van der Waals surface area contributed by atoms with Crippen LogP contribution in [0.2, 0.25) is 10.0 Å². The van der Waals surface area contributed by atoms with Crippen LogP contribution in [0.5, 0.6) is 5.88 Å². The van der Waals surface area contributed by atoms with E-state index in [9.17, 15) is 4.79 Å². The summed E-state index contributed by atoms with van der Waals surface area (Å²) in [6.07, 6.45) is 1.86. The van der Waals surface area contributed by atoms with Crippen molar-refractivity contribution in [3.05, 3.63) is 87.8 Å². The maximum absolute atomic E-state index is 10.9. The van der Waals surface area contributed by atoms with Gasteiger partial charge >= 0.3 is 5.97 Å². The molecule has 3 rings (SSSR count). The van der Waals surface area contributed by atoms with Gasteiger partial charge in [-0.3, -0.25) is 0 Å². The molecule has 126 valence electrons. The number of rotatable bonds is 5. The number of carboxylic acids is 1. The van der Waals surface area contributed by atoms with E-state index in [1.165, 1.54) is 6.20 Å². The summed E-state index contributed by atoms with van der Waals surface area (Å²) in [6.45, 7) is 0. The summed E-state index contributed by atoms with van der Waals surface area (Å²) in [4.78, 5) is 18.7. The molecule has 0 aliphatic carbocycles. The molecule has 0 fully saturated rings. The summed E-state index contributed by atoms with van der Waals surface area (Å²) < 4.78 is 5.95. The molecular formula is C18H12Cl2N2O3. The van der Waals surface area contributed by atoms with E-state index >= 15 is 0 Å². The molecule has 1 unspecified atom stereocenters. The molecule has 2 aromatic carbocycles. The number of nitrogens with zero attached hydrogens (tertiary/aromatic N) is 2. The van der Waals surface area contributed by atoms with Crippen LogP contribution in [0.25, 0.3) is 0 Å². The second-order valence-corrected chi connectivity index (χ2v) is 5.96. The van der Waals surface area contributed by atoms with E-state index < -0.39 is 12.1 Å². The van der Waals surface area contributed by atoms with Gasteiger partial charge < -0.3 is 9.84 Å².